The van der Waals surface area contributed by atoms with Crippen molar-refractivity contribution in [2.24, 2.45) is 11.8 Å². The molecule has 0 saturated heterocycles. The summed E-state index contributed by atoms with van der Waals surface area (Å²) in [5.74, 6) is -3.16. The summed E-state index contributed by atoms with van der Waals surface area (Å²) < 4.78 is 0.748. The molecule has 6 heteroatoms. The van der Waals surface area contributed by atoms with Gasteiger partial charge in [0.15, 0.2) is 0 Å². The van der Waals surface area contributed by atoms with Gasteiger partial charge in [-0.1, -0.05) is 23.7 Å². The summed E-state index contributed by atoms with van der Waals surface area (Å²) in [6, 6.07) is 5.51. The third kappa shape index (κ3) is 3.86. The number of hydrogen-bond acceptors (Lipinski definition) is 3. The Bertz CT molecular complexity index is 615. The molecule has 1 amide bonds. The quantitative estimate of drug-likeness (QED) is 0.888. The van der Waals surface area contributed by atoms with E-state index in [1.807, 2.05) is 19.1 Å². The second-order valence-electron chi connectivity index (χ2n) is 5.10. The minimum absolute atomic E-state index is 0.217. The van der Waals surface area contributed by atoms with Crippen LogP contribution in [0, 0.1) is 18.8 Å². The molecular weight excluding hydrogens is 358 g/mol. The van der Waals surface area contributed by atoms with Crippen LogP contribution in [-0.4, -0.2) is 11.9 Å². The van der Waals surface area contributed by atoms with Crippen LogP contribution in [-0.2, 0) is 9.59 Å². The molecule has 0 bridgehead atoms. The lowest BCUT2D eigenvalue weighted by Crippen LogP contribution is -2.42. The summed E-state index contributed by atoms with van der Waals surface area (Å²) in [7, 11) is 0. The Hall–Kier alpha value is -1.33. The molecule has 0 unspecified atom stereocenters. The monoisotopic (exact) mass is 370 g/mol. The minimum Gasteiger partial charge on any atom is -0.550 e. The second kappa shape index (κ2) is 6.62. The van der Waals surface area contributed by atoms with Gasteiger partial charge in [-0.3, -0.25) is 4.79 Å². The molecular formula is C15H14BrClNO3-. The van der Waals surface area contributed by atoms with E-state index in [9.17, 15) is 14.7 Å². The van der Waals surface area contributed by atoms with Gasteiger partial charge in [-0.2, -0.15) is 0 Å². The molecule has 0 aliphatic heterocycles. The van der Waals surface area contributed by atoms with E-state index in [-0.39, 0.29) is 18.7 Å². The van der Waals surface area contributed by atoms with Crippen molar-refractivity contribution in [3.05, 3.63) is 39.3 Å². The normalized spacial score (nSPS) is 21.6. The van der Waals surface area contributed by atoms with Gasteiger partial charge in [-0.05, 0) is 53.4 Å². The predicted octanol–water partition coefficient (Wildman–Crippen LogP) is 2.59. The van der Waals surface area contributed by atoms with Crippen LogP contribution in [0.5, 0.6) is 0 Å². The number of nitrogens with one attached hydrogen (secondary N) is 1. The van der Waals surface area contributed by atoms with E-state index in [2.05, 4.69) is 21.2 Å². The van der Waals surface area contributed by atoms with Crippen LogP contribution in [0.15, 0.2) is 33.8 Å². The van der Waals surface area contributed by atoms with Crippen molar-refractivity contribution in [1.82, 2.24) is 0 Å². The van der Waals surface area contributed by atoms with Crippen molar-refractivity contribution < 1.29 is 14.7 Å². The molecule has 1 aliphatic rings. The fraction of sp³-hybridized carbons (Fsp3) is 0.333. The first-order valence-corrected chi connectivity index (χ1v) is 7.68. The number of aliphatic carboxylic acids is 1. The van der Waals surface area contributed by atoms with Crippen LogP contribution in [0.1, 0.15) is 18.4 Å². The smallest absolute Gasteiger partial charge is 0.228 e. The zero-order valence-electron chi connectivity index (χ0n) is 11.4. The molecule has 1 aliphatic carbocycles. The first-order valence-electron chi connectivity index (χ1n) is 6.51. The van der Waals surface area contributed by atoms with Crippen LogP contribution in [0.2, 0.25) is 0 Å². The number of hydrogen-bond donors (Lipinski definition) is 1. The van der Waals surface area contributed by atoms with Crippen LogP contribution in [0.3, 0.4) is 0 Å². The number of carbonyl (C=O) groups is 2. The fourth-order valence-corrected chi connectivity index (χ4v) is 3.19. The molecule has 1 N–H and O–H groups in total. The highest BCUT2D eigenvalue weighted by molar-refractivity contribution is 9.10. The molecule has 0 radical (unpaired) electrons. The Morgan fingerprint density at radius 1 is 1.38 bits per heavy atom. The van der Waals surface area contributed by atoms with Crippen LogP contribution < -0.4 is 10.4 Å². The zero-order chi connectivity index (χ0) is 15.6. The second-order valence-corrected chi connectivity index (χ2v) is 6.44. The van der Waals surface area contributed by atoms with E-state index in [0.29, 0.717) is 10.7 Å². The van der Waals surface area contributed by atoms with E-state index in [0.717, 1.165) is 10.0 Å². The van der Waals surface area contributed by atoms with E-state index >= 15 is 0 Å². The summed E-state index contributed by atoms with van der Waals surface area (Å²) >= 11 is 9.31. The van der Waals surface area contributed by atoms with Crippen molar-refractivity contribution >= 4 is 45.1 Å². The summed E-state index contributed by atoms with van der Waals surface area (Å²) in [4.78, 5) is 23.5. The Balaban J connectivity index is 2.18. The summed E-state index contributed by atoms with van der Waals surface area (Å²) in [6.07, 6.45) is 2.07. The van der Waals surface area contributed by atoms with Gasteiger partial charge < -0.3 is 15.2 Å². The molecule has 0 fully saturated rings. The molecule has 0 heterocycles. The molecule has 0 aromatic heterocycles. The number of allylic oxidation sites excluding steroid dienone is 2. The number of benzene rings is 1. The summed E-state index contributed by atoms with van der Waals surface area (Å²) in [6.45, 7) is 1.94. The third-order valence-electron chi connectivity index (χ3n) is 3.52. The van der Waals surface area contributed by atoms with Gasteiger partial charge in [0.2, 0.25) is 5.91 Å². The van der Waals surface area contributed by atoms with Gasteiger partial charge in [0.05, 0.1) is 11.6 Å². The summed E-state index contributed by atoms with van der Waals surface area (Å²) in [5.41, 5.74) is 1.66. The maximum absolute atomic E-state index is 12.4. The summed E-state index contributed by atoms with van der Waals surface area (Å²) in [5, 5.41) is 14.4. The Morgan fingerprint density at radius 2 is 2.10 bits per heavy atom. The first-order chi connectivity index (χ1) is 9.88. The highest BCUT2D eigenvalue weighted by atomic mass is 79.9. The maximum atomic E-state index is 12.4. The van der Waals surface area contributed by atoms with E-state index in [1.54, 1.807) is 12.1 Å². The molecule has 112 valence electrons. The molecule has 1 aromatic rings. The minimum atomic E-state index is -1.22. The molecule has 21 heavy (non-hydrogen) atoms. The van der Waals surface area contributed by atoms with E-state index in [4.69, 9.17) is 11.6 Å². The average molecular weight is 372 g/mol. The van der Waals surface area contributed by atoms with Crippen molar-refractivity contribution in [2.45, 2.75) is 19.8 Å². The van der Waals surface area contributed by atoms with Gasteiger partial charge in [0, 0.05) is 21.4 Å². The number of halogens is 2. The first kappa shape index (κ1) is 16.0. The number of amides is 1. The molecule has 0 saturated carbocycles. The van der Waals surface area contributed by atoms with Gasteiger partial charge in [-0.15, -0.1) is 0 Å². The highest BCUT2D eigenvalue weighted by Gasteiger charge is 2.32. The van der Waals surface area contributed by atoms with Gasteiger partial charge in [-0.25, -0.2) is 0 Å². The van der Waals surface area contributed by atoms with Gasteiger partial charge >= 0.3 is 0 Å². The molecule has 2 rings (SSSR count). The average Bonchev–Trinajstić information content (AvgIpc) is 2.41. The van der Waals surface area contributed by atoms with Crippen molar-refractivity contribution in [3.63, 3.8) is 0 Å². The van der Waals surface area contributed by atoms with Gasteiger partial charge in [0.1, 0.15) is 0 Å². The topological polar surface area (TPSA) is 69.2 Å². The van der Waals surface area contributed by atoms with Crippen molar-refractivity contribution in [1.29, 1.82) is 0 Å². The lowest BCUT2D eigenvalue weighted by atomic mass is 9.82. The Labute approximate surface area is 136 Å². The molecule has 0 spiro atoms. The fourth-order valence-electron chi connectivity index (χ4n) is 2.34. The van der Waals surface area contributed by atoms with Crippen LogP contribution in [0.4, 0.5) is 5.69 Å². The lowest BCUT2D eigenvalue weighted by Gasteiger charge is -2.29. The number of rotatable bonds is 3. The number of anilines is 1. The maximum Gasteiger partial charge on any atom is 0.228 e. The lowest BCUT2D eigenvalue weighted by molar-refractivity contribution is -0.313. The van der Waals surface area contributed by atoms with E-state index in [1.165, 1.54) is 0 Å². The zero-order valence-corrected chi connectivity index (χ0v) is 13.7. The number of carboxylic acids is 1. The molecule has 1 aromatic carbocycles. The largest absolute Gasteiger partial charge is 0.550 e. The molecule has 4 nitrogen and oxygen atoms in total. The number of carbonyl (C=O) groups excluding carboxylic acids is 2. The van der Waals surface area contributed by atoms with Crippen molar-refractivity contribution in [2.75, 3.05) is 5.32 Å². The Morgan fingerprint density at radius 3 is 2.71 bits per heavy atom. The predicted molar refractivity (Wildman–Crippen MR) is 82.7 cm³/mol. The SMILES string of the molecule is Cc1ccc(NC(=O)[C@H]2CC(Cl)=CC[C@H]2C(=O)[O-])c(Br)c1. The van der Waals surface area contributed by atoms with Crippen molar-refractivity contribution in [3.8, 4) is 0 Å². The standard InChI is InChI=1S/C15H15BrClNO3/c1-8-2-5-13(12(16)6-8)18-14(19)11-7-9(17)3-4-10(11)15(20)21/h2-3,5-6,10-11H,4,7H2,1H3,(H,18,19)(H,20,21)/p-1/t10-,11+/m1/s1. The number of aryl methyl sites for hydroxylation is 1. The number of carboxylic acid groups (broad SMARTS) is 1. The van der Waals surface area contributed by atoms with Gasteiger partial charge in [0.25, 0.3) is 0 Å². The third-order valence-corrected chi connectivity index (χ3v) is 4.48. The Kier molecular flexibility index (Phi) is 5.06. The van der Waals surface area contributed by atoms with Crippen LogP contribution >= 0.6 is 27.5 Å². The van der Waals surface area contributed by atoms with E-state index < -0.39 is 17.8 Å². The molecule has 2 atom stereocenters. The van der Waals surface area contributed by atoms with Crippen LogP contribution in [0.25, 0.3) is 0 Å². The highest BCUT2D eigenvalue weighted by Crippen LogP contribution is 2.33.